The molecule has 0 aromatic heterocycles. The SMILES string of the molecule is I.NC(=NCc1ccc(N2CCC(O)CC2)c(F)c1)NC1CCOc2ccccc21. The number of nitrogens with two attached hydrogens (primary N) is 1. The molecule has 0 bridgehead atoms. The van der Waals surface area contributed by atoms with Crippen molar-refractivity contribution in [2.45, 2.75) is 38.0 Å². The number of hydrogen-bond acceptors (Lipinski definition) is 4. The number of rotatable bonds is 4. The molecule has 4 N–H and O–H groups in total. The number of aliphatic hydroxyl groups is 1. The van der Waals surface area contributed by atoms with Crippen LogP contribution in [0.15, 0.2) is 47.5 Å². The van der Waals surface area contributed by atoms with Gasteiger partial charge in [0.05, 0.1) is 31.0 Å². The minimum atomic E-state index is -0.277. The van der Waals surface area contributed by atoms with Crippen molar-refractivity contribution in [2.24, 2.45) is 10.7 Å². The van der Waals surface area contributed by atoms with Gasteiger partial charge in [-0.05, 0) is 36.6 Å². The fraction of sp³-hybridized carbons (Fsp3) is 0.409. The maximum Gasteiger partial charge on any atom is 0.189 e. The number of anilines is 1. The van der Waals surface area contributed by atoms with Crippen LogP contribution in [0.25, 0.3) is 0 Å². The van der Waals surface area contributed by atoms with Crippen LogP contribution in [0.4, 0.5) is 10.1 Å². The molecule has 2 aromatic rings. The third-order valence-electron chi connectivity index (χ3n) is 5.53. The van der Waals surface area contributed by atoms with E-state index in [0.29, 0.717) is 50.7 Å². The van der Waals surface area contributed by atoms with Crippen molar-refractivity contribution in [1.29, 1.82) is 0 Å². The summed E-state index contributed by atoms with van der Waals surface area (Å²) in [5.74, 6) is 0.937. The number of para-hydroxylation sites is 1. The van der Waals surface area contributed by atoms with Crippen LogP contribution >= 0.6 is 24.0 Å². The quantitative estimate of drug-likeness (QED) is 0.324. The van der Waals surface area contributed by atoms with Crippen molar-refractivity contribution in [3.05, 3.63) is 59.4 Å². The zero-order chi connectivity index (χ0) is 20.2. The summed E-state index contributed by atoms with van der Waals surface area (Å²) in [5, 5.41) is 12.9. The Morgan fingerprint density at radius 3 is 2.73 bits per heavy atom. The van der Waals surface area contributed by atoms with Crippen LogP contribution in [0, 0.1) is 5.82 Å². The normalized spacial score (nSPS) is 19.5. The molecule has 2 aliphatic heterocycles. The van der Waals surface area contributed by atoms with Gasteiger partial charge in [-0.1, -0.05) is 24.3 Å². The van der Waals surface area contributed by atoms with Gasteiger partial charge in [-0.15, -0.1) is 24.0 Å². The fourth-order valence-electron chi connectivity index (χ4n) is 3.90. The number of piperidine rings is 1. The van der Waals surface area contributed by atoms with Gasteiger partial charge in [0.1, 0.15) is 11.6 Å². The average Bonchev–Trinajstić information content (AvgIpc) is 2.73. The van der Waals surface area contributed by atoms with Gasteiger partial charge in [0.2, 0.25) is 0 Å². The number of nitrogens with zero attached hydrogens (tertiary/aromatic N) is 2. The third-order valence-corrected chi connectivity index (χ3v) is 5.53. The van der Waals surface area contributed by atoms with Crippen molar-refractivity contribution in [3.63, 3.8) is 0 Å². The number of nitrogens with one attached hydrogen (secondary N) is 1. The topological polar surface area (TPSA) is 83.1 Å². The molecule has 0 amide bonds. The lowest BCUT2D eigenvalue weighted by Crippen LogP contribution is -2.37. The largest absolute Gasteiger partial charge is 0.493 e. The van der Waals surface area contributed by atoms with E-state index in [1.54, 1.807) is 6.07 Å². The number of aliphatic hydroxyl groups excluding tert-OH is 1. The number of halogens is 2. The van der Waals surface area contributed by atoms with Crippen molar-refractivity contribution in [1.82, 2.24) is 5.32 Å². The molecule has 8 heteroatoms. The lowest BCUT2D eigenvalue weighted by atomic mass is 10.0. The number of fused-ring (bicyclic) bond motifs is 1. The number of guanidine groups is 1. The molecule has 162 valence electrons. The Morgan fingerprint density at radius 2 is 1.97 bits per heavy atom. The highest BCUT2D eigenvalue weighted by atomic mass is 127. The van der Waals surface area contributed by atoms with Crippen molar-refractivity contribution >= 4 is 35.6 Å². The minimum Gasteiger partial charge on any atom is -0.493 e. The maximum atomic E-state index is 14.6. The van der Waals surface area contributed by atoms with Gasteiger partial charge in [0.25, 0.3) is 0 Å². The van der Waals surface area contributed by atoms with E-state index in [0.717, 1.165) is 23.3 Å². The molecule has 2 heterocycles. The molecule has 2 aromatic carbocycles. The van der Waals surface area contributed by atoms with Crippen LogP contribution in [0.1, 0.15) is 36.4 Å². The Labute approximate surface area is 193 Å². The van der Waals surface area contributed by atoms with E-state index in [4.69, 9.17) is 10.5 Å². The van der Waals surface area contributed by atoms with Gasteiger partial charge in [0.15, 0.2) is 5.96 Å². The summed E-state index contributed by atoms with van der Waals surface area (Å²) < 4.78 is 20.2. The fourth-order valence-corrected chi connectivity index (χ4v) is 3.90. The van der Waals surface area contributed by atoms with Crippen molar-refractivity contribution in [3.8, 4) is 5.75 Å². The maximum absolute atomic E-state index is 14.6. The Balaban J connectivity index is 0.00000256. The second-order valence-electron chi connectivity index (χ2n) is 7.58. The Bertz CT molecular complexity index is 887. The molecule has 0 radical (unpaired) electrons. The molecule has 0 aliphatic carbocycles. The standard InChI is InChI=1S/C22H27FN4O2.HI/c23-18-13-15(5-6-20(18)27-10-7-16(28)8-11-27)14-25-22(24)26-19-9-12-29-21-4-2-1-3-17(19)21;/h1-6,13,16,19,28H,7-12,14H2,(H3,24,25,26);1H. The Hall–Kier alpha value is -2.07. The minimum absolute atomic E-state index is 0. The van der Waals surface area contributed by atoms with Gasteiger partial charge in [0, 0.05) is 25.1 Å². The average molecular weight is 526 g/mol. The van der Waals surface area contributed by atoms with Gasteiger partial charge >= 0.3 is 0 Å². The summed E-state index contributed by atoms with van der Waals surface area (Å²) in [6.45, 7) is 2.26. The third kappa shape index (κ3) is 5.34. The van der Waals surface area contributed by atoms with E-state index in [2.05, 4.69) is 10.3 Å². The lowest BCUT2D eigenvalue weighted by molar-refractivity contribution is 0.145. The highest BCUT2D eigenvalue weighted by Gasteiger charge is 2.22. The molecule has 6 nitrogen and oxygen atoms in total. The monoisotopic (exact) mass is 526 g/mol. The van der Waals surface area contributed by atoms with E-state index in [9.17, 15) is 9.50 Å². The van der Waals surface area contributed by atoms with Crippen molar-refractivity contribution in [2.75, 3.05) is 24.6 Å². The lowest BCUT2D eigenvalue weighted by Gasteiger charge is -2.31. The molecular weight excluding hydrogens is 498 g/mol. The summed E-state index contributed by atoms with van der Waals surface area (Å²) in [6.07, 6.45) is 1.87. The highest BCUT2D eigenvalue weighted by Crippen LogP contribution is 2.31. The number of aliphatic imine (C=N–C) groups is 1. The van der Waals surface area contributed by atoms with Crippen LogP contribution < -0.4 is 20.7 Å². The van der Waals surface area contributed by atoms with Crippen LogP contribution in [0.2, 0.25) is 0 Å². The predicted molar refractivity (Wildman–Crippen MR) is 127 cm³/mol. The van der Waals surface area contributed by atoms with Crippen LogP contribution in [-0.2, 0) is 6.54 Å². The molecule has 30 heavy (non-hydrogen) atoms. The van der Waals surface area contributed by atoms with Crippen LogP contribution in [-0.4, -0.2) is 36.9 Å². The second-order valence-corrected chi connectivity index (χ2v) is 7.58. The summed E-state index contributed by atoms with van der Waals surface area (Å²) in [7, 11) is 0. The highest BCUT2D eigenvalue weighted by molar-refractivity contribution is 14.0. The molecule has 0 saturated carbocycles. The van der Waals surface area contributed by atoms with Crippen molar-refractivity contribution < 1.29 is 14.2 Å². The first kappa shape index (κ1) is 22.6. The molecule has 1 unspecified atom stereocenters. The van der Waals surface area contributed by atoms with Gasteiger partial charge in [-0.2, -0.15) is 0 Å². The molecule has 1 fully saturated rings. The number of hydrogen-bond donors (Lipinski definition) is 3. The molecular formula is C22H28FIN4O2. The Kier molecular flexibility index (Phi) is 7.76. The van der Waals surface area contributed by atoms with Crippen LogP contribution in [0.3, 0.4) is 0 Å². The van der Waals surface area contributed by atoms with E-state index in [-0.39, 0.29) is 41.9 Å². The van der Waals surface area contributed by atoms with Crippen LogP contribution in [0.5, 0.6) is 5.75 Å². The van der Waals surface area contributed by atoms with Gasteiger partial charge < -0.3 is 25.8 Å². The second kappa shape index (κ2) is 10.3. The first-order valence-electron chi connectivity index (χ1n) is 10.1. The predicted octanol–water partition coefficient (Wildman–Crippen LogP) is 3.33. The van der Waals surface area contributed by atoms with Gasteiger partial charge in [-0.25, -0.2) is 9.38 Å². The zero-order valence-corrected chi connectivity index (χ0v) is 19.1. The van der Waals surface area contributed by atoms with E-state index in [1.807, 2.05) is 35.2 Å². The zero-order valence-electron chi connectivity index (χ0n) is 16.8. The summed E-state index contributed by atoms with van der Waals surface area (Å²) in [4.78, 5) is 6.36. The molecule has 1 saturated heterocycles. The first-order valence-corrected chi connectivity index (χ1v) is 10.1. The molecule has 2 aliphatic rings. The number of benzene rings is 2. The first-order chi connectivity index (χ1) is 14.1. The molecule has 4 rings (SSSR count). The van der Waals surface area contributed by atoms with E-state index in [1.165, 1.54) is 6.07 Å². The molecule has 1 atom stereocenters. The summed E-state index contributed by atoms with van der Waals surface area (Å²) in [6, 6.07) is 13.1. The van der Waals surface area contributed by atoms with Gasteiger partial charge in [-0.3, -0.25) is 0 Å². The van der Waals surface area contributed by atoms with E-state index < -0.39 is 0 Å². The molecule has 0 spiro atoms. The summed E-state index contributed by atoms with van der Waals surface area (Å²) in [5.41, 5.74) is 8.49. The Morgan fingerprint density at radius 1 is 1.20 bits per heavy atom. The summed E-state index contributed by atoms with van der Waals surface area (Å²) >= 11 is 0. The smallest absolute Gasteiger partial charge is 0.189 e. The van der Waals surface area contributed by atoms with E-state index >= 15 is 0 Å². The number of ether oxygens (including phenoxy) is 1.